The summed E-state index contributed by atoms with van der Waals surface area (Å²) in [6, 6.07) is 8.64. The molecule has 0 atom stereocenters. The summed E-state index contributed by atoms with van der Waals surface area (Å²) in [5.41, 5.74) is 2.48. The van der Waals surface area contributed by atoms with Gasteiger partial charge in [0.05, 0.1) is 10.9 Å². The van der Waals surface area contributed by atoms with Crippen LogP contribution in [0, 0.1) is 23.2 Å². The van der Waals surface area contributed by atoms with Crippen LogP contribution in [0.3, 0.4) is 0 Å². The Labute approximate surface area is 195 Å². The SMILES string of the molecule is CC(C)C1CCN(c2cc(SNC3(C)CC3)cc3nc(NC(=O)C45CC4C5)ccc23)CC1. The Morgan fingerprint density at radius 1 is 1.19 bits per heavy atom. The molecule has 32 heavy (non-hydrogen) atoms. The number of carbonyl (C=O) groups excluding carboxylic acids is 1. The zero-order valence-electron chi connectivity index (χ0n) is 19.4. The molecule has 3 saturated carbocycles. The molecule has 0 unspecified atom stereocenters. The van der Waals surface area contributed by atoms with E-state index in [9.17, 15) is 4.79 Å². The van der Waals surface area contributed by atoms with E-state index in [2.05, 4.69) is 53.9 Å². The molecule has 6 rings (SSSR count). The van der Waals surface area contributed by atoms with Crippen molar-refractivity contribution in [2.75, 3.05) is 23.3 Å². The van der Waals surface area contributed by atoms with Crippen molar-refractivity contribution in [1.29, 1.82) is 0 Å². The van der Waals surface area contributed by atoms with Gasteiger partial charge in [-0.05, 0) is 99.4 Å². The fourth-order valence-electron chi connectivity index (χ4n) is 5.17. The lowest BCUT2D eigenvalue weighted by molar-refractivity contribution is -0.119. The average Bonchev–Trinajstić information content (AvgIpc) is 3.68. The van der Waals surface area contributed by atoms with Crippen LogP contribution in [0.2, 0.25) is 0 Å². The van der Waals surface area contributed by atoms with Gasteiger partial charge in [0.15, 0.2) is 0 Å². The minimum atomic E-state index is -0.0378. The van der Waals surface area contributed by atoms with Gasteiger partial charge in [0, 0.05) is 34.6 Å². The van der Waals surface area contributed by atoms with Crippen LogP contribution >= 0.6 is 11.9 Å². The van der Waals surface area contributed by atoms with E-state index in [1.165, 1.54) is 41.7 Å². The third-order valence-corrected chi connectivity index (χ3v) is 9.44. The molecule has 2 N–H and O–H groups in total. The van der Waals surface area contributed by atoms with Crippen molar-refractivity contribution in [3.8, 4) is 0 Å². The Bertz CT molecular complexity index is 1060. The quantitative estimate of drug-likeness (QED) is 0.537. The molecule has 3 aliphatic carbocycles. The lowest BCUT2D eigenvalue weighted by Gasteiger charge is -2.36. The lowest BCUT2D eigenvalue weighted by atomic mass is 9.86. The Morgan fingerprint density at radius 2 is 1.91 bits per heavy atom. The number of rotatable bonds is 7. The molecule has 0 bridgehead atoms. The number of hydrogen-bond donors (Lipinski definition) is 2. The average molecular weight is 451 g/mol. The molecule has 1 saturated heterocycles. The molecule has 1 aromatic heterocycles. The lowest BCUT2D eigenvalue weighted by Crippen LogP contribution is -2.35. The fraction of sp³-hybridized carbons (Fsp3) is 0.615. The highest BCUT2D eigenvalue weighted by molar-refractivity contribution is 7.97. The number of anilines is 2. The summed E-state index contributed by atoms with van der Waals surface area (Å²) in [6.45, 7) is 9.18. The molecule has 1 amide bonds. The van der Waals surface area contributed by atoms with Crippen LogP contribution in [0.1, 0.15) is 59.3 Å². The predicted molar refractivity (Wildman–Crippen MR) is 132 cm³/mol. The van der Waals surface area contributed by atoms with E-state index < -0.39 is 0 Å². The largest absolute Gasteiger partial charge is 0.371 e. The van der Waals surface area contributed by atoms with Crippen molar-refractivity contribution in [1.82, 2.24) is 9.71 Å². The van der Waals surface area contributed by atoms with Gasteiger partial charge in [0.2, 0.25) is 5.91 Å². The smallest absolute Gasteiger partial charge is 0.232 e. The van der Waals surface area contributed by atoms with Gasteiger partial charge < -0.3 is 10.2 Å². The van der Waals surface area contributed by atoms with E-state index in [-0.39, 0.29) is 16.9 Å². The Hall–Kier alpha value is -1.79. The van der Waals surface area contributed by atoms with Crippen LogP contribution in [0.5, 0.6) is 0 Å². The topological polar surface area (TPSA) is 57.3 Å². The standard InChI is InChI=1S/C26H34N4OS/c1-16(2)17-6-10-30(11-7-17)22-13-19(32-29-25(3)8-9-25)12-21-20(22)4-5-23(27-21)28-24(31)26-14-18(26)15-26/h4-5,12-13,16-18,29H,6-11,14-15H2,1-3H3,(H,27,28,31). The number of fused-ring (bicyclic) bond motifs is 2. The van der Waals surface area contributed by atoms with Crippen LogP contribution in [0.4, 0.5) is 11.5 Å². The summed E-state index contributed by atoms with van der Waals surface area (Å²) in [7, 11) is 0. The van der Waals surface area contributed by atoms with Gasteiger partial charge in [0.25, 0.3) is 0 Å². The first-order valence-electron chi connectivity index (χ1n) is 12.3. The van der Waals surface area contributed by atoms with Gasteiger partial charge in [-0.2, -0.15) is 0 Å². The van der Waals surface area contributed by atoms with Crippen molar-refractivity contribution in [2.24, 2.45) is 23.2 Å². The van der Waals surface area contributed by atoms with Crippen LogP contribution in [-0.2, 0) is 4.79 Å². The second-order valence-electron chi connectivity index (χ2n) is 11.3. The predicted octanol–water partition coefficient (Wildman–Crippen LogP) is 5.60. The summed E-state index contributed by atoms with van der Waals surface area (Å²) in [6.07, 6.45) is 7.10. The van der Waals surface area contributed by atoms with E-state index in [0.717, 1.165) is 43.3 Å². The summed E-state index contributed by atoms with van der Waals surface area (Å²) in [4.78, 5) is 21.2. The number of benzene rings is 1. The zero-order valence-corrected chi connectivity index (χ0v) is 20.2. The van der Waals surface area contributed by atoms with Gasteiger partial charge in [-0.15, -0.1) is 0 Å². The number of carbonyl (C=O) groups is 1. The van der Waals surface area contributed by atoms with Crippen molar-refractivity contribution < 1.29 is 4.79 Å². The van der Waals surface area contributed by atoms with Crippen LogP contribution in [0.25, 0.3) is 10.9 Å². The first-order valence-corrected chi connectivity index (χ1v) is 13.1. The number of aromatic nitrogens is 1. The maximum atomic E-state index is 12.6. The molecule has 0 spiro atoms. The van der Waals surface area contributed by atoms with Gasteiger partial charge in [-0.1, -0.05) is 13.8 Å². The van der Waals surface area contributed by atoms with Crippen molar-refractivity contribution >= 4 is 40.3 Å². The minimum absolute atomic E-state index is 0.0378. The van der Waals surface area contributed by atoms with Crippen LogP contribution < -0.4 is 14.9 Å². The normalized spacial score (nSPS) is 28.0. The summed E-state index contributed by atoms with van der Waals surface area (Å²) < 4.78 is 3.65. The molecule has 170 valence electrons. The molecule has 1 aliphatic heterocycles. The zero-order chi connectivity index (χ0) is 22.1. The van der Waals surface area contributed by atoms with E-state index in [0.29, 0.717) is 11.7 Å². The van der Waals surface area contributed by atoms with Gasteiger partial charge >= 0.3 is 0 Å². The second kappa shape index (κ2) is 7.36. The molecule has 5 nitrogen and oxygen atoms in total. The molecule has 1 aromatic carbocycles. The molecule has 2 heterocycles. The maximum absolute atomic E-state index is 12.6. The number of nitrogens with one attached hydrogen (secondary N) is 2. The molecule has 4 fully saturated rings. The van der Waals surface area contributed by atoms with Gasteiger partial charge in [-0.3, -0.25) is 9.52 Å². The van der Waals surface area contributed by atoms with E-state index >= 15 is 0 Å². The summed E-state index contributed by atoms with van der Waals surface area (Å²) >= 11 is 1.72. The first-order chi connectivity index (χ1) is 15.4. The van der Waals surface area contributed by atoms with Gasteiger partial charge in [0.1, 0.15) is 5.82 Å². The van der Waals surface area contributed by atoms with Crippen LogP contribution in [0.15, 0.2) is 29.2 Å². The van der Waals surface area contributed by atoms with Crippen molar-refractivity contribution in [3.63, 3.8) is 0 Å². The maximum Gasteiger partial charge on any atom is 0.232 e. The molecule has 2 aromatic rings. The number of piperidine rings is 1. The highest BCUT2D eigenvalue weighted by Gasteiger charge is 2.74. The molecular formula is C26H34N4OS. The van der Waals surface area contributed by atoms with Gasteiger partial charge in [-0.25, -0.2) is 4.98 Å². The minimum Gasteiger partial charge on any atom is -0.371 e. The molecule has 0 radical (unpaired) electrons. The fourth-order valence-corrected chi connectivity index (χ4v) is 6.08. The third-order valence-electron chi connectivity index (χ3n) is 8.37. The monoisotopic (exact) mass is 450 g/mol. The highest BCUT2D eigenvalue weighted by Crippen LogP contribution is 2.75. The van der Waals surface area contributed by atoms with E-state index in [1.807, 2.05) is 6.07 Å². The van der Waals surface area contributed by atoms with E-state index in [4.69, 9.17) is 4.98 Å². The first kappa shape index (κ1) is 20.8. The Balaban J connectivity index is 1.29. The molecule has 4 aliphatic rings. The molecule has 6 heteroatoms. The summed E-state index contributed by atoms with van der Waals surface area (Å²) in [5, 5.41) is 4.28. The number of hydrogen-bond acceptors (Lipinski definition) is 5. The van der Waals surface area contributed by atoms with E-state index in [1.54, 1.807) is 11.9 Å². The number of pyridine rings is 1. The number of amides is 1. The highest BCUT2D eigenvalue weighted by atomic mass is 32.2. The summed E-state index contributed by atoms with van der Waals surface area (Å²) in [5.74, 6) is 3.06. The Kier molecular flexibility index (Phi) is 4.78. The third kappa shape index (κ3) is 3.79. The Morgan fingerprint density at radius 3 is 2.53 bits per heavy atom. The number of nitrogens with zero attached hydrogens (tertiary/aromatic N) is 2. The van der Waals surface area contributed by atoms with Crippen molar-refractivity contribution in [2.45, 2.75) is 69.7 Å². The second-order valence-corrected chi connectivity index (χ2v) is 12.1. The molecular weight excluding hydrogens is 416 g/mol. The van der Waals surface area contributed by atoms with Crippen LogP contribution in [-0.4, -0.2) is 29.5 Å². The van der Waals surface area contributed by atoms with Crippen molar-refractivity contribution in [3.05, 3.63) is 24.3 Å².